The molecule has 1 aliphatic carbocycles. The Morgan fingerprint density at radius 3 is 2.85 bits per heavy atom. The van der Waals surface area contributed by atoms with Crippen LogP contribution in [0.25, 0.3) is 0 Å². The zero-order valence-electron chi connectivity index (χ0n) is 14.9. The molecule has 3 rings (SSSR count). The van der Waals surface area contributed by atoms with Gasteiger partial charge in [-0.1, -0.05) is 18.6 Å². The third kappa shape index (κ3) is 4.94. The highest BCUT2D eigenvalue weighted by Crippen LogP contribution is 2.30. The summed E-state index contributed by atoms with van der Waals surface area (Å²) in [7, 11) is 1.64. The Balaban J connectivity index is 1.42. The van der Waals surface area contributed by atoms with Crippen molar-refractivity contribution in [2.45, 2.75) is 32.1 Å². The Bertz CT molecular complexity index is 728. The Labute approximate surface area is 157 Å². The molecular weight excluding hydrogens is 350 g/mol. The second-order valence-electron chi connectivity index (χ2n) is 6.37. The minimum atomic E-state index is -0.430. The van der Waals surface area contributed by atoms with Gasteiger partial charge in [0, 0.05) is 18.2 Å². The zero-order chi connectivity index (χ0) is 18.4. The number of ether oxygens (including phenoxy) is 1. The molecule has 0 aromatic heterocycles. The van der Waals surface area contributed by atoms with Crippen molar-refractivity contribution in [1.82, 2.24) is 5.32 Å². The molecule has 1 atom stereocenters. The van der Waals surface area contributed by atoms with Gasteiger partial charge < -0.3 is 10.1 Å². The highest BCUT2D eigenvalue weighted by molar-refractivity contribution is 8.14. The fraction of sp³-hybridized carbons (Fsp3) is 0.474. The van der Waals surface area contributed by atoms with Gasteiger partial charge in [0.25, 0.3) is 0 Å². The maximum absolute atomic E-state index is 12.1. The molecule has 1 N–H and O–H groups in total. The van der Waals surface area contributed by atoms with Crippen molar-refractivity contribution in [2.75, 3.05) is 19.4 Å². The van der Waals surface area contributed by atoms with Crippen LogP contribution in [0.3, 0.4) is 0 Å². The van der Waals surface area contributed by atoms with Crippen LogP contribution < -0.4 is 10.1 Å². The SMILES string of the molecule is COc1ccc(CCNC(=O)CSC2=NC(=O)N=C3CCCCC32)cc1. The molecule has 1 aromatic carbocycles. The van der Waals surface area contributed by atoms with E-state index in [9.17, 15) is 9.59 Å². The summed E-state index contributed by atoms with van der Waals surface area (Å²) >= 11 is 1.37. The van der Waals surface area contributed by atoms with Gasteiger partial charge >= 0.3 is 6.03 Å². The minimum absolute atomic E-state index is 0.0430. The second-order valence-corrected chi connectivity index (χ2v) is 7.37. The van der Waals surface area contributed by atoms with Crippen LogP contribution in [0.5, 0.6) is 5.75 Å². The van der Waals surface area contributed by atoms with E-state index in [1.807, 2.05) is 24.3 Å². The lowest BCUT2D eigenvalue weighted by molar-refractivity contribution is -0.118. The van der Waals surface area contributed by atoms with Gasteiger partial charge in [-0.15, -0.1) is 11.8 Å². The number of hydrogen-bond donors (Lipinski definition) is 1. The number of fused-ring (bicyclic) bond motifs is 1. The average Bonchev–Trinajstić information content (AvgIpc) is 2.66. The van der Waals surface area contributed by atoms with E-state index in [0.717, 1.165) is 54.2 Å². The number of carbonyl (C=O) groups is 2. The molecule has 26 heavy (non-hydrogen) atoms. The van der Waals surface area contributed by atoms with Gasteiger partial charge in [0.2, 0.25) is 5.91 Å². The van der Waals surface area contributed by atoms with Crippen molar-refractivity contribution in [3.05, 3.63) is 29.8 Å². The summed E-state index contributed by atoms with van der Waals surface area (Å²) in [5, 5.41) is 3.68. The highest BCUT2D eigenvalue weighted by Gasteiger charge is 2.30. The molecule has 1 fully saturated rings. The zero-order valence-corrected chi connectivity index (χ0v) is 15.7. The average molecular weight is 373 g/mol. The van der Waals surface area contributed by atoms with Crippen LogP contribution in [0.4, 0.5) is 4.79 Å². The van der Waals surface area contributed by atoms with Gasteiger partial charge in [-0.25, -0.2) is 9.79 Å². The van der Waals surface area contributed by atoms with Crippen LogP contribution in [0.15, 0.2) is 34.3 Å². The molecule has 6 nitrogen and oxygen atoms in total. The third-order valence-electron chi connectivity index (χ3n) is 4.57. The van der Waals surface area contributed by atoms with Crippen molar-refractivity contribution >= 4 is 34.5 Å². The fourth-order valence-corrected chi connectivity index (χ4v) is 4.16. The van der Waals surface area contributed by atoms with E-state index in [4.69, 9.17) is 4.74 Å². The molecule has 1 saturated carbocycles. The van der Waals surface area contributed by atoms with E-state index >= 15 is 0 Å². The largest absolute Gasteiger partial charge is 0.497 e. The Kier molecular flexibility index (Phi) is 6.44. The Morgan fingerprint density at radius 2 is 2.08 bits per heavy atom. The number of rotatable bonds is 6. The molecule has 0 saturated heterocycles. The van der Waals surface area contributed by atoms with Crippen molar-refractivity contribution in [3.63, 3.8) is 0 Å². The summed E-state index contributed by atoms with van der Waals surface area (Å²) in [5.74, 6) is 1.19. The lowest BCUT2D eigenvalue weighted by atomic mass is 9.87. The van der Waals surface area contributed by atoms with E-state index in [2.05, 4.69) is 15.3 Å². The molecule has 1 aliphatic heterocycles. The van der Waals surface area contributed by atoms with Gasteiger partial charge in [0.05, 0.1) is 17.9 Å². The lowest BCUT2D eigenvalue weighted by Crippen LogP contribution is -2.32. The molecule has 1 heterocycles. The van der Waals surface area contributed by atoms with E-state index in [0.29, 0.717) is 6.54 Å². The number of nitrogens with zero attached hydrogens (tertiary/aromatic N) is 2. The summed E-state index contributed by atoms with van der Waals surface area (Å²) in [6.07, 6.45) is 4.79. The summed E-state index contributed by atoms with van der Waals surface area (Å²) in [6, 6.07) is 7.38. The van der Waals surface area contributed by atoms with Crippen LogP contribution in [-0.2, 0) is 11.2 Å². The smallest absolute Gasteiger partial charge is 0.367 e. The summed E-state index contributed by atoms with van der Waals surface area (Å²) in [6.45, 7) is 0.577. The number of methoxy groups -OCH3 is 1. The number of hydrogen-bond acceptors (Lipinski definition) is 4. The van der Waals surface area contributed by atoms with Crippen molar-refractivity contribution < 1.29 is 14.3 Å². The summed E-state index contributed by atoms with van der Waals surface area (Å²) < 4.78 is 5.13. The van der Waals surface area contributed by atoms with Crippen molar-refractivity contribution in [1.29, 1.82) is 0 Å². The fourth-order valence-electron chi connectivity index (χ4n) is 3.18. The summed E-state index contributed by atoms with van der Waals surface area (Å²) in [5.41, 5.74) is 2.09. The van der Waals surface area contributed by atoms with E-state index in [-0.39, 0.29) is 17.6 Å². The molecule has 0 bridgehead atoms. The number of benzene rings is 1. The first-order valence-electron chi connectivity index (χ1n) is 8.88. The number of amides is 3. The number of urea groups is 1. The number of aliphatic imine (C=N–C) groups is 2. The highest BCUT2D eigenvalue weighted by atomic mass is 32.2. The molecule has 3 amide bonds. The van der Waals surface area contributed by atoms with Gasteiger partial charge in [-0.3, -0.25) is 4.79 Å². The molecule has 7 heteroatoms. The molecule has 1 aromatic rings. The van der Waals surface area contributed by atoms with Crippen LogP contribution in [0, 0.1) is 5.92 Å². The monoisotopic (exact) mass is 373 g/mol. The standard InChI is InChI=1S/C19H23N3O3S/c1-25-14-8-6-13(7-9-14)10-11-20-17(23)12-26-18-15-4-2-3-5-16(15)21-19(24)22-18/h6-9,15H,2-5,10-12H2,1H3,(H,20,23). The van der Waals surface area contributed by atoms with Gasteiger partial charge in [-0.05, 0) is 43.4 Å². The van der Waals surface area contributed by atoms with Crippen LogP contribution in [-0.4, -0.2) is 42.1 Å². The second kappa shape index (κ2) is 8.98. The Hall–Kier alpha value is -2.15. The predicted molar refractivity (Wildman–Crippen MR) is 104 cm³/mol. The molecule has 0 radical (unpaired) electrons. The molecule has 2 aliphatic rings. The van der Waals surface area contributed by atoms with E-state index < -0.39 is 6.03 Å². The van der Waals surface area contributed by atoms with E-state index in [1.165, 1.54) is 11.8 Å². The van der Waals surface area contributed by atoms with Gasteiger partial charge in [0.15, 0.2) is 0 Å². The van der Waals surface area contributed by atoms with Crippen molar-refractivity contribution in [3.8, 4) is 5.75 Å². The molecular formula is C19H23N3O3S. The quantitative estimate of drug-likeness (QED) is 0.830. The van der Waals surface area contributed by atoms with Gasteiger partial charge in [-0.2, -0.15) is 4.99 Å². The third-order valence-corrected chi connectivity index (χ3v) is 5.65. The normalized spacial score (nSPS) is 19.3. The van der Waals surface area contributed by atoms with Crippen LogP contribution >= 0.6 is 11.8 Å². The first-order valence-corrected chi connectivity index (χ1v) is 9.86. The lowest BCUT2D eigenvalue weighted by Gasteiger charge is -2.26. The molecule has 1 unspecified atom stereocenters. The van der Waals surface area contributed by atoms with Crippen molar-refractivity contribution in [2.24, 2.45) is 15.9 Å². The molecule has 138 valence electrons. The summed E-state index contributed by atoms with van der Waals surface area (Å²) in [4.78, 5) is 31.8. The van der Waals surface area contributed by atoms with Gasteiger partial charge in [0.1, 0.15) is 5.75 Å². The topological polar surface area (TPSA) is 80.1 Å². The number of nitrogens with one attached hydrogen (secondary N) is 1. The first-order chi connectivity index (χ1) is 12.7. The minimum Gasteiger partial charge on any atom is -0.497 e. The van der Waals surface area contributed by atoms with Crippen LogP contribution in [0.1, 0.15) is 31.2 Å². The van der Waals surface area contributed by atoms with Crippen LogP contribution in [0.2, 0.25) is 0 Å². The molecule has 0 spiro atoms. The number of thioether (sulfide) groups is 1. The predicted octanol–water partition coefficient (Wildman–Crippen LogP) is 3.25. The number of carbonyl (C=O) groups excluding carboxylic acids is 2. The van der Waals surface area contributed by atoms with E-state index in [1.54, 1.807) is 7.11 Å². The first kappa shape index (κ1) is 18.6. The Morgan fingerprint density at radius 1 is 1.27 bits per heavy atom. The maximum atomic E-state index is 12.1. The maximum Gasteiger partial charge on any atom is 0.367 e.